The van der Waals surface area contributed by atoms with Crippen molar-refractivity contribution in [3.05, 3.63) is 0 Å². The Hall–Kier alpha value is -0.420. The fraction of sp³-hybridized carbons (Fsp3) is 0.941. The maximum absolute atomic E-state index is 11.9. The van der Waals surface area contributed by atoms with Crippen LogP contribution in [-0.4, -0.2) is 40.8 Å². The smallest absolute Gasteiger partial charge is 0.407 e. The normalized spacial score (nSPS) is 32.7. The van der Waals surface area contributed by atoms with Gasteiger partial charge in [-0.15, -0.1) is 0 Å². The zero-order valence-corrected chi connectivity index (χ0v) is 15.4. The summed E-state index contributed by atoms with van der Waals surface area (Å²) >= 11 is 2.10. The topological polar surface area (TPSA) is 50.4 Å². The van der Waals surface area contributed by atoms with Crippen LogP contribution in [0.5, 0.6) is 0 Å². The molecule has 4 nitrogen and oxygen atoms in total. The van der Waals surface area contributed by atoms with Gasteiger partial charge in [-0.05, 0) is 72.0 Å². The number of thioether (sulfide) groups is 1. The fourth-order valence-corrected chi connectivity index (χ4v) is 4.57. The van der Waals surface area contributed by atoms with Crippen LogP contribution in [0.1, 0.15) is 66.2 Å². The van der Waals surface area contributed by atoms with E-state index in [-0.39, 0.29) is 12.1 Å². The SMILES string of the molecule is CC(C)(C)OC(=O)NC1CCCC(NCC2(C)CCCS2)C1. The minimum atomic E-state index is -0.426. The van der Waals surface area contributed by atoms with E-state index < -0.39 is 5.60 Å². The number of carbonyl (C=O) groups is 1. The molecule has 128 valence electrons. The van der Waals surface area contributed by atoms with E-state index in [0.29, 0.717) is 10.8 Å². The van der Waals surface area contributed by atoms with E-state index in [1.807, 2.05) is 20.8 Å². The first-order valence-corrected chi connectivity index (χ1v) is 9.61. The highest BCUT2D eigenvalue weighted by Crippen LogP contribution is 2.37. The third-order valence-electron chi connectivity index (χ3n) is 4.46. The van der Waals surface area contributed by atoms with Crippen LogP contribution in [0.4, 0.5) is 4.79 Å². The summed E-state index contributed by atoms with van der Waals surface area (Å²) in [6.07, 6.45) is 6.84. The summed E-state index contributed by atoms with van der Waals surface area (Å²) in [6.45, 7) is 9.16. The molecule has 2 rings (SSSR count). The van der Waals surface area contributed by atoms with E-state index in [2.05, 4.69) is 29.3 Å². The van der Waals surface area contributed by atoms with E-state index in [1.165, 1.54) is 31.4 Å². The first-order chi connectivity index (χ1) is 10.3. The lowest BCUT2D eigenvalue weighted by Gasteiger charge is -2.33. The van der Waals surface area contributed by atoms with Gasteiger partial charge in [0.1, 0.15) is 5.60 Å². The Bertz CT molecular complexity index is 375. The predicted molar refractivity (Wildman–Crippen MR) is 93.5 cm³/mol. The average Bonchev–Trinajstić information content (AvgIpc) is 2.82. The van der Waals surface area contributed by atoms with E-state index >= 15 is 0 Å². The van der Waals surface area contributed by atoms with Crippen molar-refractivity contribution >= 4 is 17.9 Å². The van der Waals surface area contributed by atoms with Gasteiger partial charge in [0, 0.05) is 23.4 Å². The number of amides is 1. The van der Waals surface area contributed by atoms with Crippen LogP contribution >= 0.6 is 11.8 Å². The zero-order valence-electron chi connectivity index (χ0n) is 14.5. The van der Waals surface area contributed by atoms with E-state index in [9.17, 15) is 4.79 Å². The molecule has 1 heterocycles. The highest BCUT2D eigenvalue weighted by atomic mass is 32.2. The van der Waals surface area contributed by atoms with Crippen LogP contribution < -0.4 is 10.6 Å². The second kappa shape index (κ2) is 7.43. The van der Waals surface area contributed by atoms with Gasteiger partial charge < -0.3 is 15.4 Å². The van der Waals surface area contributed by atoms with Crippen LogP contribution in [0, 0.1) is 0 Å². The average molecular weight is 329 g/mol. The molecule has 0 aromatic heterocycles. The second-order valence-corrected chi connectivity index (χ2v) is 9.67. The number of carbonyl (C=O) groups excluding carboxylic acids is 1. The quantitative estimate of drug-likeness (QED) is 0.826. The summed E-state index contributed by atoms with van der Waals surface area (Å²) in [4.78, 5) is 11.9. The van der Waals surface area contributed by atoms with Gasteiger partial charge in [-0.25, -0.2) is 4.79 Å². The van der Waals surface area contributed by atoms with Crippen molar-refractivity contribution in [2.24, 2.45) is 0 Å². The maximum atomic E-state index is 11.9. The molecule has 1 saturated heterocycles. The Morgan fingerprint density at radius 1 is 1.27 bits per heavy atom. The standard InChI is InChI=1S/C17H32N2O2S/c1-16(2,3)21-15(20)19-14-8-5-7-13(11-14)18-12-17(4)9-6-10-22-17/h13-14,18H,5-12H2,1-4H3,(H,19,20). The molecule has 22 heavy (non-hydrogen) atoms. The molecular formula is C17H32N2O2S. The number of alkyl carbamates (subject to hydrolysis) is 1. The lowest BCUT2D eigenvalue weighted by atomic mass is 9.90. The van der Waals surface area contributed by atoms with Crippen molar-refractivity contribution < 1.29 is 9.53 Å². The van der Waals surface area contributed by atoms with Crippen molar-refractivity contribution in [2.75, 3.05) is 12.3 Å². The molecule has 1 aliphatic carbocycles. The minimum absolute atomic E-state index is 0.241. The molecule has 5 heteroatoms. The van der Waals surface area contributed by atoms with Crippen molar-refractivity contribution in [3.63, 3.8) is 0 Å². The first-order valence-electron chi connectivity index (χ1n) is 8.63. The highest BCUT2D eigenvalue weighted by Gasteiger charge is 2.31. The lowest BCUT2D eigenvalue weighted by molar-refractivity contribution is 0.0488. The molecule has 1 aliphatic heterocycles. The molecule has 3 unspecified atom stereocenters. The Labute approximate surface area is 139 Å². The van der Waals surface area contributed by atoms with Gasteiger partial charge in [0.05, 0.1) is 0 Å². The molecule has 0 aromatic rings. The summed E-state index contributed by atoms with van der Waals surface area (Å²) in [6, 6.07) is 0.761. The van der Waals surface area contributed by atoms with Gasteiger partial charge in [0.15, 0.2) is 0 Å². The van der Waals surface area contributed by atoms with Crippen molar-refractivity contribution in [3.8, 4) is 0 Å². The van der Waals surface area contributed by atoms with Crippen LogP contribution in [0.3, 0.4) is 0 Å². The Balaban J connectivity index is 1.73. The first kappa shape index (κ1) is 17.9. The molecule has 3 atom stereocenters. The van der Waals surface area contributed by atoms with Gasteiger partial charge in [0.2, 0.25) is 0 Å². The van der Waals surface area contributed by atoms with Crippen LogP contribution in [0.15, 0.2) is 0 Å². The fourth-order valence-electron chi connectivity index (χ4n) is 3.32. The van der Waals surface area contributed by atoms with Gasteiger partial charge in [-0.2, -0.15) is 11.8 Å². The second-order valence-electron chi connectivity index (χ2n) is 7.99. The van der Waals surface area contributed by atoms with E-state index in [4.69, 9.17) is 4.74 Å². The number of ether oxygens (including phenoxy) is 1. The third kappa shape index (κ3) is 5.99. The molecule has 0 bridgehead atoms. The van der Waals surface area contributed by atoms with Crippen LogP contribution in [0.25, 0.3) is 0 Å². The summed E-state index contributed by atoms with van der Waals surface area (Å²) in [5.74, 6) is 1.30. The Morgan fingerprint density at radius 2 is 2.00 bits per heavy atom. The lowest BCUT2D eigenvalue weighted by Crippen LogP contribution is -2.47. The predicted octanol–water partition coefficient (Wildman–Crippen LogP) is 3.70. The number of rotatable bonds is 4. The maximum Gasteiger partial charge on any atom is 0.407 e. The zero-order chi connectivity index (χ0) is 16.2. The summed E-state index contributed by atoms with van der Waals surface area (Å²) < 4.78 is 5.77. The molecule has 1 amide bonds. The van der Waals surface area contributed by atoms with Crippen molar-refractivity contribution in [1.82, 2.24) is 10.6 Å². The van der Waals surface area contributed by atoms with E-state index in [0.717, 1.165) is 19.4 Å². The van der Waals surface area contributed by atoms with Gasteiger partial charge in [-0.1, -0.05) is 0 Å². The number of hydrogen-bond acceptors (Lipinski definition) is 4. The summed E-state index contributed by atoms with van der Waals surface area (Å²) in [5.41, 5.74) is -0.426. The number of hydrogen-bond donors (Lipinski definition) is 2. The molecule has 1 saturated carbocycles. The molecule has 0 aromatic carbocycles. The molecular weight excluding hydrogens is 296 g/mol. The minimum Gasteiger partial charge on any atom is -0.444 e. The molecule has 2 aliphatic rings. The monoisotopic (exact) mass is 328 g/mol. The highest BCUT2D eigenvalue weighted by molar-refractivity contribution is 8.00. The summed E-state index contributed by atoms with van der Waals surface area (Å²) in [5, 5.41) is 6.78. The van der Waals surface area contributed by atoms with Crippen LogP contribution in [-0.2, 0) is 4.74 Å². The largest absolute Gasteiger partial charge is 0.444 e. The van der Waals surface area contributed by atoms with Crippen molar-refractivity contribution in [1.29, 1.82) is 0 Å². The summed E-state index contributed by atoms with van der Waals surface area (Å²) in [7, 11) is 0. The molecule has 0 radical (unpaired) electrons. The molecule has 2 N–H and O–H groups in total. The Morgan fingerprint density at radius 3 is 2.64 bits per heavy atom. The molecule has 2 fully saturated rings. The van der Waals surface area contributed by atoms with Gasteiger partial charge >= 0.3 is 6.09 Å². The van der Waals surface area contributed by atoms with Crippen LogP contribution in [0.2, 0.25) is 0 Å². The van der Waals surface area contributed by atoms with Gasteiger partial charge in [0.25, 0.3) is 0 Å². The van der Waals surface area contributed by atoms with Gasteiger partial charge in [-0.3, -0.25) is 0 Å². The Kier molecular flexibility index (Phi) is 6.06. The van der Waals surface area contributed by atoms with Crippen molar-refractivity contribution in [2.45, 2.75) is 88.7 Å². The molecule has 0 spiro atoms. The number of nitrogens with one attached hydrogen (secondary N) is 2. The third-order valence-corrected chi connectivity index (χ3v) is 6.00. The van der Waals surface area contributed by atoms with E-state index in [1.54, 1.807) is 0 Å².